The first-order valence-corrected chi connectivity index (χ1v) is 14.0. The molecule has 40 heavy (non-hydrogen) atoms. The zero-order valence-electron chi connectivity index (χ0n) is 22.4. The van der Waals surface area contributed by atoms with E-state index in [0.717, 1.165) is 18.5 Å². The number of fused-ring (bicyclic) bond motifs is 6. The van der Waals surface area contributed by atoms with Crippen LogP contribution >= 0.6 is 0 Å². The Morgan fingerprint density at radius 1 is 0.625 bits per heavy atom. The summed E-state index contributed by atoms with van der Waals surface area (Å²) in [6.07, 6.45) is 8.48. The van der Waals surface area contributed by atoms with Crippen LogP contribution < -0.4 is 5.73 Å². The zero-order valence-corrected chi connectivity index (χ0v) is 22.4. The fourth-order valence-corrected chi connectivity index (χ4v) is 6.21. The van der Waals surface area contributed by atoms with Crippen molar-refractivity contribution in [2.45, 2.75) is 18.8 Å². The number of allylic oxidation sites excluding steroid dienone is 2. The van der Waals surface area contributed by atoms with Gasteiger partial charge < -0.3 is 5.73 Å². The van der Waals surface area contributed by atoms with Crippen molar-refractivity contribution < 1.29 is 0 Å². The molecule has 0 bridgehead atoms. The molecular weight excluding hydrogens is 482 g/mol. The van der Waals surface area contributed by atoms with E-state index in [1.54, 1.807) is 0 Å². The summed E-state index contributed by atoms with van der Waals surface area (Å²) in [6.45, 7) is 0. The summed E-state index contributed by atoms with van der Waals surface area (Å²) in [5.41, 5.74) is 16.6. The third-order valence-corrected chi connectivity index (χ3v) is 8.22. The Kier molecular flexibility index (Phi) is 6.26. The van der Waals surface area contributed by atoms with Crippen LogP contribution in [0.5, 0.6) is 0 Å². The molecule has 6 aromatic carbocycles. The second-order valence-corrected chi connectivity index (χ2v) is 10.7. The Morgan fingerprint density at radius 2 is 1.35 bits per heavy atom. The summed E-state index contributed by atoms with van der Waals surface area (Å²) in [7, 11) is 0. The molecular formula is C39H31N. The van der Waals surface area contributed by atoms with E-state index >= 15 is 0 Å². The Morgan fingerprint density at radius 3 is 2.17 bits per heavy atom. The highest BCUT2D eigenvalue weighted by Crippen LogP contribution is 2.42. The Hall–Kier alpha value is -4.88. The van der Waals surface area contributed by atoms with Crippen LogP contribution in [-0.4, -0.2) is 0 Å². The van der Waals surface area contributed by atoms with E-state index in [9.17, 15) is 0 Å². The number of hydrogen-bond acceptors (Lipinski definition) is 1. The standard InChI is InChI=1S/C39H31N/c40-39-26-38-33-20-8-7-19-32(33)36-24-31(21-22-34(36)37(38)25-35(39)29-16-5-2-6-17-29)30-18-10-15-28(23-30)14-9-13-27-11-3-1-4-12-27/h1-13,15-24,26,35H,14,25,40H2/b13-9+. The van der Waals surface area contributed by atoms with Crippen LogP contribution in [0.4, 0.5) is 0 Å². The molecule has 1 heteroatoms. The first kappa shape index (κ1) is 24.2. The van der Waals surface area contributed by atoms with Gasteiger partial charge in [-0.05, 0) is 85.5 Å². The van der Waals surface area contributed by atoms with Crippen molar-refractivity contribution in [3.63, 3.8) is 0 Å². The summed E-state index contributed by atoms with van der Waals surface area (Å²) in [6, 6.07) is 45.9. The summed E-state index contributed by atoms with van der Waals surface area (Å²) in [4.78, 5) is 0. The molecule has 1 aliphatic carbocycles. The number of benzene rings is 6. The average Bonchev–Trinajstić information content (AvgIpc) is 3.02. The molecule has 6 aromatic rings. The van der Waals surface area contributed by atoms with Crippen LogP contribution in [-0.2, 0) is 12.8 Å². The van der Waals surface area contributed by atoms with Crippen LogP contribution in [0.3, 0.4) is 0 Å². The van der Waals surface area contributed by atoms with E-state index < -0.39 is 0 Å². The molecule has 1 aliphatic rings. The number of hydrogen-bond donors (Lipinski definition) is 1. The largest absolute Gasteiger partial charge is 0.402 e. The Bertz CT molecular complexity index is 1890. The number of nitrogens with two attached hydrogens (primary N) is 1. The van der Waals surface area contributed by atoms with Gasteiger partial charge in [-0.25, -0.2) is 0 Å². The van der Waals surface area contributed by atoms with Gasteiger partial charge in [0.15, 0.2) is 0 Å². The molecule has 0 aliphatic heterocycles. The maximum absolute atomic E-state index is 6.70. The molecule has 0 spiro atoms. The van der Waals surface area contributed by atoms with Gasteiger partial charge in [0, 0.05) is 11.6 Å². The van der Waals surface area contributed by atoms with Crippen LogP contribution in [0.15, 0.2) is 139 Å². The van der Waals surface area contributed by atoms with E-state index in [4.69, 9.17) is 5.73 Å². The lowest BCUT2D eigenvalue weighted by molar-refractivity contribution is 0.774. The van der Waals surface area contributed by atoms with Gasteiger partial charge in [0.25, 0.3) is 0 Å². The molecule has 1 nitrogen and oxygen atoms in total. The molecule has 0 fully saturated rings. The van der Waals surface area contributed by atoms with Crippen molar-refractivity contribution in [2.24, 2.45) is 5.73 Å². The van der Waals surface area contributed by atoms with Gasteiger partial charge in [-0.15, -0.1) is 0 Å². The van der Waals surface area contributed by atoms with Gasteiger partial charge in [-0.3, -0.25) is 0 Å². The molecule has 1 unspecified atom stereocenters. The third kappa shape index (κ3) is 4.50. The topological polar surface area (TPSA) is 26.0 Å². The van der Waals surface area contributed by atoms with E-state index in [1.165, 1.54) is 60.5 Å². The van der Waals surface area contributed by atoms with E-state index in [0.29, 0.717) is 0 Å². The van der Waals surface area contributed by atoms with Crippen molar-refractivity contribution in [3.8, 4) is 11.1 Å². The SMILES string of the molecule is NC1=Cc2c(c3ccc(-c4cccc(C/C=C/c5ccccc5)c4)cc3c3ccccc23)CC1c1ccccc1. The smallest absolute Gasteiger partial charge is 0.0276 e. The molecule has 0 saturated carbocycles. The zero-order chi connectivity index (χ0) is 26.9. The second-order valence-electron chi connectivity index (χ2n) is 10.7. The van der Waals surface area contributed by atoms with Crippen LogP contribution in [0.25, 0.3) is 44.8 Å². The van der Waals surface area contributed by atoms with Gasteiger partial charge >= 0.3 is 0 Å². The molecule has 2 N–H and O–H groups in total. The van der Waals surface area contributed by atoms with Gasteiger partial charge in [-0.2, -0.15) is 0 Å². The summed E-state index contributed by atoms with van der Waals surface area (Å²) in [5, 5.41) is 5.18. The predicted octanol–water partition coefficient (Wildman–Crippen LogP) is 9.56. The highest BCUT2D eigenvalue weighted by Gasteiger charge is 2.25. The minimum absolute atomic E-state index is 0.193. The van der Waals surface area contributed by atoms with Gasteiger partial charge in [0.1, 0.15) is 0 Å². The van der Waals surface area contributed by atoms with Crippen LogP contribution in [0, 0.1) is 0 Å². The first-order valence-electron chi connectivity index (χ1n) is 14.0. The minimum atomic E-state index is 0.193. The monoisotopic (exact) mass is 513 g/mol. The van der Waals surface area contributed by atoms with Crippen molar-refractivity contribution in [1.29, 1.82) is 0 Å². The van der Waals surface area contributed by atoms with Gasteiger partial charge in [0.2, 0.25) is 0 Å². The van der Waals surface area contributed by atoms with Gasteiger partial charge in [0.05, 0.1) is 0 Å². The predicted molar refractivity (Wildman–Crippen MR) is 171 cm³/mol. The highest BCUT2D eigenvalue weighted by molar-refractivity contribution is 6.14. The molecule has 0 aromatic heterocycles. The van der Waals surface area contributed by atoms with E-state index in [-0.39, 0.29) is 5.92 Å². The normalized spacial score (nSPS) is 14.9. The van der Waals surface area contributed by atoms with Crippen molar-refractivity contribution in [2.75, 3.05) is 0 Å². The minimum Gasteiger partial charge on any atom is -0.402 e. The molecule has 0 saturated heterocycles. The van der Waals surface area contributed by atoms with Crippen molar-refractivity contribution >= 4 is 33.7 Å². The van der Waals surface area contributed by atoms with E-state index in [1.807, 2.05) is 0 Å². The third-order valence-electron chi connectivity index (χ3n) is 8.22. The maximum Gasteiger partial charge on any atom is 0.0276 e. The quantitative estimate of drug-likeness (QED) is 0.228. The second kappa shape index (κ2) is 10.4. The summed E-state index contributed by atoms with van der Waals surface area (Å²) < 4.78 is 0. The van der Waals surface area contributed by atoms with Crippen LogP contribution in [0.1, 0.15) is 33.7 Å². The molecule has 0 heterocycles. The molecule has 0 amide bonds. The van der Waals surface area contributed by atoms with Gasteiger partial charge in [-0.1, -0.05) is 133 Å². The maximum atomic E-state index is 6.70. The highest BCUT2D eigenvalue weighted by atomic mass is 14.6. The molecule has 7 rings (SSSR count). The fraction of sp³-hybridized carbons (Fsp3) is 0.0769. The van der Waals surface area contributed by atoms with Crippen LogP contribution in [0.2, 0.25) is 0 Å². The Labute approximate surface area is 235 Å². The fourth-order valence-electron chi connectivity index (χ4n) is 6.21. The van der Waals surface area contributed by atoms with Crippen molar-refractivity contribution in [1.82, 2.24) is 0 Å². The van der Waals surface area contributed by atoms with Crippen molar-refractivity contribution in [3.05, 3.63) is 167 Å². The first-order chi connectivity index (χ1) is 19.7. The molecule has 0 radical (unpaired) electrons. The lowest BCUT2D eigenvalue weighted by Gasteiger charge is -2.27. The summed E-state index contributed by atoms with van der Waals surface area (Å²) >= 11 is 0. The van der Waals surface area contributed by atoms with E-state index in [2.05, 4.69) is 146 Å². The number of rotatable bonds is 5. The summed E-state index contributed by atoms with van der Waals surface area (Å²) in [5.74, 6) is 0.193. The lowest BCUT2D eigenvalue weighted by Crippen LogP contribution is -2.17. The lowest BCUT2D eigenvalue weighted by atomic mass is 9.78. The molecule has 1 atom stereocenters. The molecule has 192 valence electrons. The Balaban J connectivity index is 1.30. The average molecular weight is 514 g/mol.